The van der Waals surface area contributed by atoms with E-state index in [2.05, 4.69) is 29.0 Å². The molecule has 21 heavy (non-hydrogen) atoms. The van der Waals surface area contributed by atoms with E-state index in [1.807, 2.05) is 6.92 Å². The Morgan fingerprint density at radius 3 is 2.67 bits per heavy atom. The minimum absolute atomic E-state index is 0.191. The fraction of sp³-hybridized carbons (Fsp3) is 0.750. The predicted molar refractivity (Wildman–Crippen MR) is 87.5 cm³/mol. The third kappa shape index (κ3) is 4.78. The zero-order valence-corrected chi connectivity index (χ0v) is 14.3. The van der Waals surface area contributed by atoms with Crippen LogP contribution < -0.4 is 5.32 Å². The summed E-state index contributed by atoms with van der Waals surface area (Å²) < 4.78 is 0. The van der Waals surface area contributed by atoms with Crippen LogP contribution in [0.4, 0.5) is 0 Å². The summed E-state index contributed by atoms with van der Waals surface area (Å²) in [5.41, 5.74) is 1.06. The van der Waals surface area contributed by atoms with Gasteiger partial charge in [-0.2, -0.15) is 0 Å². The van der Waals surface area contributed by atoms with E-state index in [9.17, 15) is 4.79 Å². The normalized spacial score (nSPS) is 17.1. The number of carbonyl (C=O) groups excluding carboxylic acids is 1. The van der Waals surface area contributed by atoms with Gasteiger partial charge in [0.2, 0.25) is 5.91 Å². The number of hydrogen-bond donors (Lipinski definition) is 1. The quantitative estimate of drug-likeness (QED) is 0.879. The number of carbonyl (C=O) groups is 1. The van der Waals surface area contributed by atoms with Crippen molar-refractivity contribution in [2.24, 2.45) is 5.92 Å². The van der Waals surface area contributed by atoms with Crippen LogP contribution in [0.2, 0.25) is 0 Å². The van der Waals surface area contributed by atoms with Crippen molar-refractivity contribution >= 4 is 17.2 Å². The van der Waals surface area contributed by atoms with Crippen molar-refractivity contribution in [3.8, 4) is 0 Å². The van der Waals surface area contributed by atoms with Gasteiger partial charge in [-0.1, -0.05) is 13.8 Å². The van der Waals surface area contributed by atoms with Crippen LogP contribution in [-0.2, 0) is 17.8 Å². The first-order valence-electron chi connectivity index (χ1n) is 8.06. The molecule has 0 spiro atoms. The molecule has 5 heteroatoms. The maximum absolute atomic E-state index is 12.1. The molecule has 0 atom stereocenters. The van der Waals surface area contributed by atoms with Gasteiger partial charge < -0.3 is 10.2 Å². The van der Waals surface area contributed by atoms with E-state index in [1.165, 1.54) is 4.88 Å². The smallest absolute Gasteiger partial charge is 0.220 e. The lowest BCUT2D eigenvalue weighted by Crippen LogP contribution is -2.35. The number of likely N-dealkylation sites (tertiary alicyclic amines) is 1. The molecule has 1 fully saturated rings. The lowest BCUT2D eigenvalue weighted by Gasteiger charge is -2.30. The maximum Gasteiger partial charge on any atom is 0.220 e. The number of amides is 1. The summed E-state index contributed by atoms with van der Waals surface area (Å²) in [7, 11) is 0. The molecular formula is C16H27N3OS. The third-order valence-corrected chi connectivity index (χ3v) is 5.62. The van der Waals surface area contributed by atoms with Gasteiger partial charge in [-0.3, -0.25) is 4.79 Å². The van der Waals surface area contributed by atoms with Gasteiger partial charge in [-0.15, -0.1) is 11.3 Å². The Hall–Kier alpha value is -0.940. The first-order chi connectivity index (χ1) is 10.1. The van der Waals surface area contributed by atoms with Crippen LogP contribution in [0.1, 0.15) is 48.7 Å². The summed E-state index contributed by atoms with van der Waals surface area (Å²) in [6.07, 6.45) is 3.95. The number of nitrogens with zero attached hydrogens (tertiary/aromatic N) is 2. The zero-order chi connectivity index (χ0) is 15.2. The van der Waals surface area contributed by atoms with Crippen LogP contribution in [-0.4, -0.2) is 35.4 Å². The van der Waals surface area contributed by atoms with Crippen LogP contribution in [0, 0.1) is 12.8 Å². The summed E-state index contributed by atoms with van der Waals surface area (Å²) in [6.45, 7) is 10.4. The first-order valence-corrected chi connectivity index (χ1v) is 8.88. The molecular weight excluding hydrogens is 282 g/mol. The molecule has 2 rings (SSSR count). The number of aryl methyl sites for hydroxylation is 2. The molecule has 1 amide bonds. The van der Waals surface area contributed by atoms with Gasteiger partial charge in [0.25, 0.3) is 0 Å². The first kappa shape index (κ1) is 16.4. The number of hydrogen-bond acceptors (Lipinski definition) is 4. The van der Waals surface area contributed by atoms with Crippen molar-refractivity contribution in [1.82, 2.24) is 15.2 Å². The Morgan fingerprint density at radius 2 is 2.10 bits per heavy atom. The van der Waals surface area contributed by atoms with Crippen LogP contribution in [0.3, 0.4) is 0 Å². The summed E-state index contributed by atoms with van der Waals surface area (Å²) in [6, 6.07) is 0. The van der Waals surface area contributed by atoms with Crippen LogP contribution in [0.5, 0.6) is 0 Å². The van der Waals surface area contributed by atoms with Gasteiger partial charge in [0.15, 0.2) is 0 Å². The molecule has 0 unspecified atom stereocenters. The molecule has 1 aliphatic heterocycles. The fourth-order valence-corrected chi connectivity index (χ4v) is 3.77. The average molecular weight is 309 g/mol. The number of nitrogens with one attached hydrogen (secondary N) is 1. The molecule has 0 aliphatic carbocycles. The van der Waals surface area contributed by atoms with Crippen molar-refractivity contribution in [2.45, 2.75) is 53.0 Å². The highest BCUT2D eigenvalue weighted by Crippen LogP contribution is 2.21. The SMILES string of the molecule is CCc1nc(C)c(CNC(=O)CC2CCN(CC)CC2)s1. The molecule has 1 saturated heterocycles. The summed E-state index contributed by atoms with van der Waals surface area (Å²) >= 11 is 1.72. The summed E-state index contributed by atoms with van der Waals surface area (Å²) in [4.78, 5) is 20.2. The molecule has 0 aromatic carbocycles. The lowest BCUT2D eigenvalue weighted by atomic mass is 9.93. The second kappa shape index (κ2) is 7.90. The Bertz CT molecular complexity index is 464. The zero-order valence-electron chi connectivity index (χ0n) is 13.4. The van der Waals surface area contributed by atoms with E-state index < -0.39 is 0 Å². The van der Waals surface area contributed by atoms with Crippen molar-refractivity contribution in [3.63, 3.8) is 0 Å². The fourth-order valence-electron chi connectivity index (χ4n) is 2.82. The summed E-state index contributed by atoms with van der Waals surface area (Å²) in [5, 5.41) is 4.22. The van der Waals surface area contributed by atoms with Crippen LogP contribution in [0.15, 0.2) is 0 Å². The Labute approximate surface area is 132 Å². The van der Waals surface area contributed by atoms with Gasteiger partial charge in [0.1, 0.15) is 0 Å². The molecule has 1 aliphatic rings. The van der Waals surface area contributed by atoms with E-state index in [1.54, 1.807) is 11.3 Å². The molecule has 0 saturated carbocycles. The molecule has 0 radical (unpaired) electrons. The van der Waals surface area contributed by atoms with Crippen molar-refractivity contribution in [3.05, 3.63) is 15.6 Å². The Balaban J connectivity index is 1.73. The molecule has 4 nitrogen and oxygen atoms in total. The molecule has 2 heterocycles. The van der Waals surface area contributed by atoms with Gasteiger partial charge >= 0.3 is 0 Å². The van der Waals surface area contributed by atoms with Gasteiger partial charge in [-0.05, 0) is 51.7 Å². The largest absolute Gasteiger partial charge is 0.351 e. The minimum Gasteiger partial charge on any atom is -0.351 e. The highest BCUT2D eigenvalue weighted by molar-refractivity contribution is 7.11. The van der Waals surface area contributed by atoms with Crippen molar-refractivity contribution < 1.29 is 4.79 Å². The highest BCUT2D eigenvalue weighted by atomic mass is 32.1. The predicted octanol–water partition coefficient (Wildman–Crippen LogP) is 2.75. The molecule has 1 aromatic rings. The van der Waals surface area contributed by atoms with Crippen LogP contribution in [0.25, 0.3) is 0 Å². The van der Waals surface area contributed by atoms with Gasteiger partial charge in [0.05, 0.1) is 17.2 Å². The topological polar surface area (TPSA) is 45.2 Å². The minimum atomic E-state index is 0.191. The van der Waals surface area contributed by atoms with E-state index in [4.69, 9.17) is 0 Å². The molecule has 1 aromatic heterocycles. The van der Waals surface area contributed by atoms with Gasteiger partial charge in [0, 0.05) is 11.3 Å². The van der Waals surface area contributed by atoms with E-state index >= 15 is 0 Å². The average Bonchev–Trinajstić information content (AvgIpc) is 2.86. The third-order valence-electron chi connectivity index (χ3n) is 4.31. The van der Waals surface area contributed by atoms with Crippen molar-refractivity contribution in [2.75, 3.05) is 19.6 Å². The Kier molecular flexibility index (Phi) is 6.18. The van der Waals surface area contributed by atoms with E-state index in [-0.39, 0.29) is 5.91 Å². The standard InChI is InChI=1S/C16H27N3OS/c1-4-16-18-12(3)14(21-16)11-17-15(20)10-13-6-8-19(5-2)9-7-13/h13H,4-11H2,1-3H3,(H,17,20). The lowest BCUT2D eigenvalue weighted by molar-refractivity contribution is -0.122. The monoisotopic (exact) mass is 309 g/mol. The molecule has 118 valence electrons. The van der Waals surface area contributed by atoms with E-state index in [0.29, 0.717) is 18.9 Å². The Morgan fingerprint density at radius 1 is 1.38 bits per heavy atom. The number of thiazole rings is 1. The molecule has 1 N–H and O–H groups in total. The van der Waals surface area contributed by atoms with E-state index in [0.717, 1.165) is 49.6 Å². The number of piperidine rings is 1. The number of rotatable bonds is 6. The van der Waals surface area contributed by atoms with Crippen LogP contribution >= 0.6 is 11.3 Å². The number of aromatic nitrogens is 1. The van der Waals surface area contributed by atoms with Crippen molar-refractivity contribution in [1.29, 1.82) is 0 Å². The van der Waals surface area contributed by atoms with Gasteiger partial charge in [-0.25, -0.2) is 4.98 Å². The second-order valence-electron chi connectivity index (χ2n) is 5.83. The highest BCUT2D eigenvalue weighted by Gasteiger charge is 2.20. The second-order valence-corrected chi connectivity index (χ2v) is 7.00. The summed E-state index contributed by atoms with van der Waals surface area (Å²) in [5.74, 6) is 0.748. The molecule has 0 bridgehead atoms. The maximum atomic E-state index is 12.1.